The van der Waals surface area contributed by atoms with E-state index in [0.717, 1.165) is 11.3 Å². The summed E-state index contributed by atoms with van der Waals surface area (Å²) in [4.78, 5) is 25.8. The van der Waals surface area contributed by atoms with Crippen LogP contribution in [0.5, 0.6) is 0 Å². The summed E-state index contributed by atoms with van der Waals surface area (Å²) < 4.78 is 22.3. The third-order valence-corrected chi connectivity index (χ3v) is 5.25. The van der Waals surface area contributed by atoms with Crippen molar-refractivity contribution in [1.82, 2.24) is 5.32 Å². The van der Waals surface area contributed by atoms with Gasteiger partial charge in [-0.15, -0.1) is 0 Å². The van der Waals surface area contributed by atoms with Crippen LogP contribution in [-0.4, -0.2) is 38.6 Å². The van der Waals surface area contributed by atoms with Gasteiger partial charge >= 0.3 is 0 Å². The van der Waals surface area contributed by atoms with Crippen molar-refractivity contribution in [3.63, 3.8) is 0 Å². The molecule has 0 unspecified atom stereocenters. The molecule has 1 aromatic carbocycles. The van der Waals surface area contributed by atoms with E-state index in [1.807, 2.05) is 31.2 Å². The maximum Gasteiger partial charge on any atom is 0.227 e. The van der Waals surface area contributed by atoms with Gasteiger partial charge in [-0.2, -0.15) is 0 Å². The summed E-state index contributed by atoms with van der Waals surface area (Å²) in [5, 5.41) is 6.70. The first-order chi connectivity index (χ1) is 10.7. The molecule has 2 rings (SSSR count). The number of amides is 2. The Hall–Kier alpha value is -1.93. The van der Waals surface area contributed by atoms with Crippen LogP contribution in [0.4, 0.5) is 5.69 Å². The van der Waals surface area contributed by atoms with E-state index in [2.05, 4.69) is 5.32 Å². The molecule has 1 aliphatic rings. The quantitative estimate of drug-likeness (QED) is 0.795. The summed E-state index contributed by atoms with van der Waals surface area (Å²) in [6, 6.07) is 7.50. The lowest BCUT2D eigenvalue weighted by Crippen LogP contribution is -2.41. The lowest BCUT2D eigenvalue weighted by Gasteiger charge is -2.17. The highest BCUT2D eigenvalue weighted by atomic mass is 32.2. The lowest BCUT2D eigenvalue weighted by atomic mass is 10.1. The van der Waals surface area contributed by atoms with Crippen LogP contribution >= 0.6 is 0 Å². The molecule has 1 saturated heterocycles. The topological polar surface area (TPSA) is 110 Å². The molecule has 1 heterocycles. The van der Waals surface area contributed by atoms with Crippen molar-refractivity contribution in [3.05, 3.63) is 29.8 Å². The second-order valence-corrected chi connectivity index (χ2v) is 7.87. The molecule has 0 spiro atoms. The summed E-state index contributed by atoms with van der Waals surface area (Å²) in [5.41, 5.74) is 1.85. The van der Waals surface area contributed by atoms with Crippen molar-refractivity contribution in [3.8, 4) is 0 Å². The zero-order valence-electron chi connectivity index (χ0n) is 13.2. The van der Waals surface area contributed by atoms with Gasteiger partial charge in [-0.25, -0.2) is 13.6 Å². The monoisotopic (exact) mass is 339 g/mol. The van der Waals surface area contributed by atoms with E-state index in [-0.39, 0.29) is 31.3 Å². The molecule has 8 heteroatoms. The van der Waals surface area contributed by atoms with Crippen molar-refractivity contribution in [2.75, 3.05) is 18.0 Å². The van der Waals surface area contributed by atoms with Crippen LogP contribution in [0.3, 0.4) is 0 Å². The number of nitrogens with zero attached hydrogens (tertiary/aromatic N) is 1. The van der Waals surface area contributed by atoms with Crippen LogP contribution in [0.25, 0.3) is 0 Å². The van der Waals surface area contributed by atoms with Crippen LogP contribution in [0.15, 0.2) is 24.3 Å². The Morgan fingerprint density at radius 1 is 1.39 bits per heavy atom. The maximum absolute atomic E-state index is 12.1. The molecule has 1 aliphatic heterocycles. The van der Waals surface area contributed by atoms with Crippen LogP contribution in [-0.2, 0) is 19.6 Å². The van der Waals surface area contributed by atoms with Gasteiger partial charge in [-0.3, -0.25) is 9.59 Å². The summed E-state index contributed by atoms with van der Waals surface area (Å²) >= 11 is 0. The molecular weight excluding hydrogens is 318 g/mol. The summed E-state index contributed by atoms with van der Waals surface area (Å²) in [6.45, 7) is 3.61. The highest BCUT2D eigenvalue weighted by Gasteiger charge is 2.35. The Bertz CT molecular complexity index is 700. The van der Waals surface area contributed by atoms with Crippen LogP contribution < -0.4 is 15.4 Å². The second-order valence-electron chi connectivity index (χ2n) is 5.89. The Balaban J connectivity index is 1.96. The van der Waals surface area contributed by atoms with Crippen molar-refractivity contribution < 1.29 is 18.0 Å². The fourth-order valence-electron chi connectivity index (χ4n) is 2.36. The number of hydrogen-bond acceptors (Lipinski definition) is 4. The number of rotatable bonds is 5. The predicted molar refractivity (Wildman–Crippen MR) is 87.2 cm³/mol. The van der Waals surface area contributed by atoms with E-state index in [9.17, 15) is 18.0 Å². The Morgan fingerprint density at radius 2 is 2.00 bits per heavy atom. The molecule has 23 heavy (non-hydrogen) atoms. The number of sulfonamides is 1. The fraction of sp³-hybridized carbons (Fsp3) is 0.467. The molecule has 1 aromatic rings. The first-order valence-corrected chi connectivity index (χ1v) is 8.96. The lowest BCUT2D eigenvalue weighted by molar-refractivity contribution is -0.126. The molecular formula is C15H21N3O4S. The zero-order valence-corrected chi connectivity index (χ0v) is 14.0. The van der Waals surface area contributed by atoms with Crippen molar-refractivity contribution in [2.45, 2.75) is 25.5 Å². The van der Waals surface area contributed by atoms with Crippen LogP contribution in [0.2, 0.25) is 0 Å². The number of hydrogen-bond donors (Lipinski definition) is 2. The van der Waals surface area contributed by atoms with Gasteiger partial charge in [0, 0.05) is 25.2 Å². The van der Waals surface area contributed by atoms with Gasteiger partial charge in [-0.05, 0) is 26.0 Å². The molecule has 0 bridgehead atoms. The van der Waals surface area contributed by atoms with Crippen molar-refractivity contribution in [1.29, 1.82) is 0 Å². The fourth-order valence-corrected chi connectivity index (χ4v) is 2.68. The summed E-state index contributed by atoms with van der Waals surface area (Å²) in [6.07, 6.45) is 0.115. The third kappa shape index (κ3) is 4.29. The zero-order chi connectivity index (χ0) is 17.2. The number of aryl methyl sites for hydroxylation is 1. The molecule has 2 atom stereocenters. The highest BCUT2D eigenvalue weighted by molar-refractivity contribution is 7.89. The molecule has 2 amide bonds. The average Bonchev–Trinajstić information content (AvgIpc) is 2.86. The molecule has 7 nitrogen and oxygen atoms in total. The number of benzene rings is 1. The minimum atomic E-state index is -3.68. The number of primary sulfonamides is 1. The minimum Gasteiger partial charge on any atom is -0.354 e. The average molecular weight is 339 g/mol. The van der Waals surface area contributed by atoms with Gasteiger partial charge < -0.3 is 10.2 Å². The smallest absolute Gasteiger partial charge is 0.227 e. The Kier molecular flexibility index (Phi) is 5.06. The van der Waals surface area contributed by atoms with E-state index in [1.165, 1.54) is 6.92 Å². The molecule has 0 radical (unpaired) electrons. The van der Waals surface area contributed by atoms with E-state index in [1.54, 1.807) is 4.90 Å². The molecule has 126 valence electrons. The summed E-state index contributed by atoms with van der Waals surface area (Å²) in [7, 11) is -3.68. The van der Waals surface area contributed by atoms with Gasteiger partial charge in [-0.1, -0.05) is 17.7 Å². The maximum atomic E-state index is 12.1. The van der Waals surface area contributed by atoms with Crippen LogP contribution in [0, 0.1) is 12.8 Å². The first kappa shape index (κ1) is 17.4. The number of nitrogens with one attached hydrogen (secondary N) is 1. The van der Waals surface area contributed by atoms with Gasteiger partial charge in [0.1, 0.15) is 0 Å². The molecule has 0 aliphatic carbocycles. The number of carbonyl (C=O) groups is 2. The molecule has 0 aromatic heterocycles. The van der Waals surface area contributed by atoms with Gasteiger partial charge in [0.2, 0.25) is 21.8 Å². The van der Waals surface area contributed by atoms with E-state index in [4.69, 9.17) is 5.14 Å². The highest BCUT2D eigenvalue weighted by Crippen LogP contribution is 2.25. The number of carbonyl (C=O) groups excluding carboxylic acids is 2. The normalized spacial score (nSPS) is 19.7. The van der Waals surface area contributed by atoms with Gasteiger partial charge in [0.25, 0.3) is 0 Å². The third-order valence-electron chi connectivity index (χ3n) is 3.97. The minimum absolute atomic E-state index is 0.0626. The number of anilines is 1. The van der Waals surface area contributed by atoms with Gasteiger partial charge in [0.15, 0.2) is 0 Å². The molecule has 3 N–H and O–H groups in total. The Labute approximate surface area is 135 Å². The van der Waals surface area contributed by atoms with E-state index >= 15 is 0 Å². The van der Waals surface area contributed by atoms with E-state index in [0.29, 0.717) is 0 Å². The molecule has 0 saturated carbocycles. The SMILES string of the molecule is Cc1ccc(N2C[C@@H](C(=O)NC[C@@H](C)S(N)(=O)=O)CC2=O)cc1. The largest absolute Gasteiger partial charge is 0.354 e. The standard InChI is InChI=1S/C15H21N3O4S/c1-10-3-5-13(6-4-10)18-9-12(7-14(18)19)15(20)17-8-11(2)23(16,21)22/h3-6,11-12H,7-9H2,1-2H3,(H,17,20)(H2,16,21,22)/t11-,12+/m1/s1. The molecule has 1 fully saturated rings. The number of nitrogens with two attached hydrogens (primary N) is 1. The van der Waals surface area contributed by atoms with E-state index < -0.39 is 21.2 Å². The second kappa shape index (κ2) is 6.67. The Morgan fingerprint density at radius 3 is 2.57 bits per heavy atom. The predicted octanol–water partition coefficient (Wildman–Crippen LogP) is 0.141. The van der Waals surface area contributed by atoms with Gasteiger partial charge in [0.05, 0.1) is 11.2 Å². The first-order valence-electron chi connectivity index (χ1n) is 7.35. The van der Waals surface area contributed by atoms with Crippen LogP contribution in [0.1, 0.15) is 18.9 Å². The van der Waals surface area contributed by atoms with Crippen molar-refractivity contribution >= 4 is 27.5 Å². The van der Waals surface area contributed by atoms with Crippen molar-refractivity contribution in [2.24, 2.45) is 11.1 Å². The summed E-state index contributed by atoms with van der Waals surface area (Å²) in [5.74, 6) is -0.937.